The fraction of sp³-hybridized carbons (Fsp3) is 0.200. The number of hydrogen-bond acceptors (Lipinski definition) is 5. The molecule has 0 aliphatic carbocycles. The lowest BCUT2D eigenvalue weighted by atomic mass is 10.2. The number of rotatable bonds is 2. The molecule has 3 rings (SSSR count). The van der Waals surface area contributed by atoms with Crippen LogP contribution in [-0.2, 0) is 0 Å². The normalized spacial score (nSPS) is 13.3. The molecule has 0 atom stereocenters. The van der Waals surface area contributed by atoms with E-state index >= 15 is 0 Å². The lowest BCUT2D eigenvalue weighted by molar-refractivity contribution is 0.102. The Morgan fingerprint density at radius 1 is 1.14 bits per heavy atom. The standard InChI is InChI=1S/C15H15N3O3/c16-10-4-5-17-12(8-10)15(19)18-11-2-3-13-14(9-11)21-7-1-6-20-13/h2-5,8-9H,1,6-7H2,(H2,16,17)(H,18,19). The Hall–Kier alpha value is -2.76. The quantitative estimate of drug-likeness (QED) is 0.882. The highest BCUT2D eigenvalue weighted by molar-refractivity contribution is 6.03. The molecule has 0 spiro atoms. The summed E-state index contributed by atoms with van der Waals surface area (Å²) in [5, 5.41) is 2.76. The monoisotopic (exact) mass is 285 g/mol. The van der Waals surface area contributed by atoms with E-state index in [1.165, 1.54) is 12.3 Å². The Bertz CT molecular complexity index is 673. The van der Waals surface area contributed by atoms with Crippen molar-refractivity contribution in [1.82, 2.24) is 4.98 Å². The number of fused-ring (bicyclic) bond motifs is 1. The Kier molecular flexibility index (Phi) is 3.59. The minimum atomic E-state index is -0.322. The molecule has 6 heteroatoms. The van der Waals surface area contributed by atoms with Gasteiger partial charge < -0.3 is 20.5 Å². The van der Waals surface area contributed by atoms with Crippen molar-refractivity contribution < 1.29 is 14.3 Å². The molecule has 1 aliphatic rings. The van der Waals surface area contributed by atoms with Gasteiger partial charge in [0.15, 0.2) is 11.5 Å². The van der Waals surface area contributed by atoms with Crippen LogP contribution in [0.15, 0.2) is 36.5 Å². The van der Waals surface area contributed by atoms with Crippen molar-refractivity contribution in [3.05, 3.63) is 42.2 Å². The van der Waals surface area contributed by atoms with Gasteiger partial charge in [-0.15, -0.1) is 0 Å². The average Bonchev–Trinajstić information content (AvgIpc) is 2.72. The van der Waals surface area contributed by atoms with E-state index in [0.29, 0.717) is 36.1 Å². The van der Waals surface area contributed by atoms with Crippen molar-refractivity contribution in [3.8, 4) is 11.5 Å². The van der Waals surface area contributed by atoms with E-state index in [4.69, 9.17) is 15.2 Å². The highest BCUT2D eigenvalue weighted by Crippen LogP contribution is 2.32. The number of carbonyl (C=O) groups is 1. The number of anilines is 2. The van der Waals surface area contributed by atoms with Gasteiger partial charge in [-0.1, -0.05) is 0 Å². The number of pyridine rings is 1. The zero-order valence-corrected chi connectivity index (χ0v) is 11.3. The Labute approximate surface area is 121 Å². The molecule has 0 bridgehead atoms. The molecular weight excluding hydrogens is 270 g/mol. The molecule has 3 N–H and O–H groups in total. The Morgan fingerprint density at radius 3 is 2.76 bits per heavy atom. The predicted octanol–water partition coefficient (Wildman–Crippen LogP) is 2.08. The van der Waals surface area contributed by atoms with E-state index in [9.17, 15) is 4.79 Å². The topological polar surface area (TPSA) is 86.5 Å². The van der Waals surface area contributed by atoms with Crippen molar-refractivity contribution in [2.75, 3.05) is 24.3 Å². The number of nitrogens with one attached hydrogen (secondary N) is 1. The molecule has 1 aliphatic heterocycles. The zero-order chi connectivity index (χ0) is 14.7. The SMILES string of the molecule is Nc1ccnc(C(=O)Nc2ccc3c(c2)OCCCO3)c1. The van der Waals surface area contributed by atoms with Gasteiger partial charge in [0.05, 0.1) is 13.2 Å². The third-order valence-corrected chi connectivity index (χ3v) is 3.02. The molecule has 0 saturated carbocycles. The molecule has 21 heavy (non-hydrogen) atoms. The lowest BCUT2D eigenvalue weighted by Gasteiger charge is -2.10. The number of aromatic nitrogens is 1. The minimum absolute atomic E-state index is 0.266. The Morgan fingerprint density at radius 2 is 1.95 bits per heavy atom. The molecule has 6 nitrogen and oxygen atoms in total. The van der Waals surface area contributed by atoms with Gasteiger partial charge in [-0.25, -0.2) is 0 Å². The van der Waals surface area contributed by atoms with Crippen LogP contribution in [0.2, 0.25) is 0 Å². The Balaban J connectivity index is 1.79. The van der Waals surface area contributed by atoms with E-state index in [1.54, 1.807) is 24.3 Å². The number of nitrogen functional groups attached to an aromatic ring is 1. The van der Waals surface area contributed by atoms with E-state index in [2.05, 4.69) is 10.3 Å². The summed E-state index contributed by atoms with van der Waals surface area (Å²) in [6.45, 7) is 1.23. The van der Waals surface area contributed by atoms with Gasteiger partial charge in [-0.2, -0.15) is 0 Å². The van der Waals surface area contributed by atoms with Gasteiger partial charge in [-0.3, -0.25) is 9.78 Å². The first-order chi connectivity index (χ1) is 10.2. The summed E-state index contributed by atoms with van der Waals surface area (Å²) in [5.41, 5.74) is 7.02. The maximum absolute atomic E-state index is 12.1. The molecule has 2 aromatic rings. The van der Waals surface area contributed by atoms with Crippen LogP contribution >= 0.6 is 0 Å². The van der Waals surface area contributed by atoms with Crippen molar-refractivity contribution >= 4 is 17.3 Å². The summed E-state index contributed by atoms with van der Waals surface area (Å²) in [6, 6.07) is 8.44. The second-order valence-electron chi connectivity index (χ2n) is 4.64. The molecule has 1 aromatic carbocycles. The maximum atomic E-state index is 12.1. The van der Waals surface area contributed by atoms with Gasteiger partial charge in [0.1, 0.15) is 5.69 Å². The summed E-state index contributed by atoms with van der Waals surface area (Å²) in [7, 11) is 0. The van der Waals surface area contributed by atoms with Gasteiger partial charge in [-0.05, 0) is 24.3 Å². The van der Waals surface area contributed by atoms with Crippen molar-refractivity contribution in [2.45, 2.75) is 6.42 Å². The fourth-order valence-corrected chi connectivity index (χ4v) is 2.01. The summed E-state index contributed by atoms with van der Waals surface area (Å²) >= 11 is 0. The van der Waals surface area contributed by atoms with Crippen LogP contribution in [0, 0.1) is 0 Å². The van der Waals surface area contributed by atoms with Crippen LogP contribution < -0.4 is 20.5 Å². The lowest BCUT2D eigenvalue weighted by Crippen LogP contribution is -2.14. The first kappa shape index (κ1) is 13.2. The summed E-state index contributed by atoms with van der Waals surface area (Å²) in [4.78, 5) is 16.1. The van der Waals surface area contributed by atoms with Crippen LogP contribution in [0.25, 0.3) is 0 Å². The number of ether oxygens (including phenoxy) is 2. The molecule has 0 unspecified atom stereocenters. The smallest absolute Gasteiger partial charge is 0.274 e. The third-order valence-electron chi connectivity index (χ3n) is 3.02. The average molecular weight is 285 g/mol. The fourth-order valence-electron chi connectivity index (χ4n) is 2.01. The molecule has 2 heterocycles. The second kappa shape index (κ2) is 5.70. The molecule has 1 amide bonds. The number of amides is 1. The van der Waals surface area contributed by atoms with Crippen molar-refractivity contribution in [3.63, 3.8) is 0 Å². The highest BCUT2D eigenvalue weighted by Gasteiger charge is 2.13. The number of benzene rings is 1. The van der Waals surface area contributed by atoms with E-state index < -0.39 is 0 Å². The molecule has 0 fully saturated rings. The molecule has 0 radical (unpaired) electrons. The van der Waals surface area contributed by atoms with Crippen LogP contribution in [0.5, 0.6) is 11.5 Å². The van der Waals surface area contributed by atoms with Crippen LogP contribution in [0.4, 0.5) is 11.4 Å². The summed E-state index contributed by atoms with van der Waals surface area (Å²) in [6.07, 6.45) is 2.34. The summed E-state index contributed by atoms with van der Waals surface area (Å²) < 4.78 is 11.1. The number of carbonyl (C=O) groups excluding carboxylic acids is 1. The number of hydrogen-bond donors (Lipinski definition) is 2. The van der Waals surface area contributed by atoms with Crippen LogP contribution in [-0.4, -0.2) is 24.1 Å². The van der Waals surface area contributed by atoms with Gasteiger partial charge in [0, 0.05) is 30.1 Å². The maximum Gasteiger partial charge on any atom is 0.274 e. The predicted molar refractivity (Wildman–Crippen MR) is 78.7 cm³/mol. The van der Waals surface area contributed by atoms with Crippen molar-refractivity contribution in [2.24, 2.45) is 0 Å². The molecule has 108 valence electrons. The van der Waals surface area contributed by atoms with Gasteiger partial charge >= 0.3 is 0 Å². The van der Waals surface area contributed by atoms with E-state index in [0.717, 1.165) is 6.42 Å². The second-order valence-corrected chi connectivity index (χ2v) is 4.64. The van der Waals surface area contributed by atoms with E-state index in [-0.39, 0.29) is 11.6 Å². The largest absolute Gasteiger partial charge is 0.490 e. The van der Waals surface area contributed by atoms with Gasteiger partial charge in [0.2, 0.25) is 0 Å². The molecular formula is C15H15N3O3. The first-order valence-electron chi connectivity index (χ1n) is 6.65. The minimum Gasteiger partial charge on any atom is -0.490 e. The number of nitrogens with two attached hydrogens (primary N) is 1. The number of nitrogens with zero attached hydrogens (tertiary/aromatic N) is 1. The van der Waals surface area contributed by atoms with Crippen LogP contribution in [0.3, 0.4) is 0 Å². The highest BCUT2D eigenvalue weighted by atomic mass is 16.5. The first-order valence-corrected chi connectivity index (χ1v) is 6.65. The summed E-state index contributed by atoms with van der Waals surface area (Å²) in [5.74, 6) is 0.996. The third kappa shape index (κ3) is 3.05. The molecule has 0 saturated heterocycles. The van der Waals surface area contributed by atoms with E-state index in [1.807, 2.05) is 0 Å². The zero-order valence-electron chi connectivity index (χ0n) is 11.3. The van der Waals surface area contributed by atoms with Gasteiger partial charge in [0.25, 0.3) is 5.91 Å². The van der Waals surface area contributed by atoms with Crippen molar-refractivity contribution in [1.29, 1.82) is 0 Å². The van der Waals surface area contributed by atoms with Crippen LogP contribution in [0.1, 0.15) is 16.9 Å². The molecule has 1 aromatic heterocycles.